The molecular weight excluding hydrogens is 840 g/mol. The van der Waals surface area contributed by atoms with Gasteiger partial charge in [0.05, 0.1) is 39.9 Å². The van der Waals surface area contributed by atoms with Crippen LogP contribution in [0, 0.1) is 0 Å². The standard InChI is InChI=1S/C57H113N2O6P/c1-6-8-10-11-12-13-14-15-16-17-18-19-20-21-22-23-24-25-26-27-28-29-30-31-32-33-34-35-36-37-38-39-40-41-42-43-44-45-46-47-49-51-57(61)58-55(56(60)50-48-9-7-2)54-65-66(62,63)64-53-52-59(3,4)5/h14-15,17-18,55-56,60H,6-13,16,19-54H2,1-5H3,(H-,58,61,62,63)/b15-14-,18-17-. The van der Waals surface area contributed by atoms with Gasteiger partial charge in [-0.1, -0.05) is 256 Å². The second-order valence-corrected chi connectivity index (χ2v) is 22.4. The molecule has 0 aliphatic rings. The Morgan fingerprint density at radius 1 is 0.530 bits per heavy atom. The number of unbranched alkanes of at least 4 members (excludes halogenated alkanes) is 36. The number of phosphoric ester groups is 1. The number of aliphatic hydroxyl groups excluding tert-OH is 1. The van der Waals surface area contributed by atoms with Gasteiger partial charge in [0, 0.05) is 6.42 Å². The predicted molar refractivity (Wildman–Crippen MR) is 284 cm³/mol. The fraction of sp³-hybridized carbons (Fsp3) is 0.912. The lowest BCUT2D eigenvalue weighted by atomic mass is 10.0. The maximum absolute atomic E-state index is 12.7. The number of hydrogen-bond donors (Lipinski definition) is 2. The average molecular weight is 954 g/mol. The van der Waals surface area contributed by atoms with Crippen LogP contribution in [0.1, 0.15) is 284 Å². The summed E-state index contributed by atoms with van der Waals surface area (Å²) in [6.45, 7) is 4.56. The molecule has 2 N–H and O–H groups in total. The first-order valence-corrected chi connectivity index (χ1v) is 30.1. The third kappa shape index (κ3) is 50.8. The van der Waals surface area contributed by atoms with E-state index in [1.807, 2.05) is 21.1 Å². The largest absolute Gasteiger partial charge is 0.756 e. The van der Waals surface area contributed by atoms with Crippen molar-refractivity contribution >= 4 is 13.7 Å². The highest BCUT2D eigenvalue weighted by Gasteiger charge is 2.24. The lowest BCUT2D eigenvalue weighted by Crippen LogP contribution is -2.46. The van der Waals surface area contributed by atoms with E-state index in [1.165, 1.54) is 212 Å². The fourth-order valence-electron chi connectivity index (χ4n) is 8.66. The van der Waals surface area contributed by atoms with E-state index in [2.05, 4.69) is 43.5 Å². The predicted octanol–water partition coefficient (Wildman–Crippen LogP) is 16.6. The van der Waals surface area contributed by atoms with E-state index in [0.29, 0.717) is 23.9 Å². The number of carbonyl (C=O) groups is 1. The van der Waals surface area contributed by atoms with Crippen LogP contribution in [0.4, 0.5) is 0 Å². The molecule has 0 fully saturated rings. The van der Waals surface area contributed by atoms with Crippen LogP contribution in [0.2, 0.25) is 0 Å². The van der Waals surface area contributed by atoms with Gasteiger partial charge in [0.25, 0.3) is 7.82 Å². The number of nitrogens with one attached hydrogen (secondary N) is 1. The maximum Gasteiger partial charge on any atom is 0.268 e. The Kier molecular flexibility index (Phi) is 48.2. The summed E-state index contributed by atoms with van der Waals surface area (Å²) in [7, 11) is 1.31. The molecule has 392 valence electrons. The molecular formula is C57H113N2O6P. The molecule has 0 bridgehead atoms. The van der Waals surface area contributed by atoms with Gasteiger partial charge in [0.15, 0.2) is 0 Å². The summed E-state index contributed by atoms with van der Waals surface area (Å²) in [6, 6.07) is -0.792. The molecule has 0 aliphatic heterocycles. The molecule has 0 saturated heterocycles. The van der Waals surface area contributed by atoms with Crippen molar-refractivity contribution in [1.82, 2.24) is 5.32 Å². The average Bonchev–Trinajstić information content (AvgIpc) is 3.27. The second-order valence-electron chi connectivity index (χ2n) is 21.0. The van der Waals surface area contributed by atoms with Gasteiger partial charge in [-0.25, -0.2) is 0 Å². The number of nitrogens with zero attached hydrogens (tertiary/aromatic N) is 1. The number of aliphatic hydroxyl groups is 1. The van der Waals surface area contributed by atoms with Gasteiger partial charge < -0.3 is 28.8 Å². The molecule has 0 rings (SSSR count). The van der Waals surface area contributed by atoms with Crippen LogP contribution >= 0.6 is 7.82 Å². The first-order valence-electron chi connectivity index (χ1n) is 28.7. The van der Waals surface area contributed by atoms with Gasteiger partial charge in [0.2, 0.25) is 5.91 Å². The minimum Gasteiger partial charge on any atom is -0.756 e. The van der Waals surface area contributed by atoms with E-state index in [0.717, 1.165) is 44.9 Å². The summed E-state index contributed by atoms with van der Waals surface area (Å²) in [4.78, 5) is 25.0. The molecule has 0 aromatic carbocycles. The number of carbonyl (C=O) groups excluding carboxylic acids is 1. The van der Waals surface area contributed by atoms with Crippen LogP contribution < -0.4 is 10.2 Å². The molecule has 0 spiro atoms. The smallest absolute Gasteiger partial charge is 0.268 e. The fourth-order valence-corrected chi connectivity index (χ4v) is 9.38. The Balaban J connectivity index is 3.55. The zero-order chi connectivity index (χ0) is 48.5. The normalized spacial score (nSPS) is 14.1. The molecule has 0 aromatic rings. The third-order valence-electron chi connectivity index (χ3n) is 13.2. The van der Waals surface area contributed by atoms with Crippen molar-refractivity contribution in [2.75, 3.05) is 40.9 Å². The summed E-state index contributed by atoms with van der Waals surface area (Å²) in [5.41, 5.74) is 0. The van der Waals surface area contributed by atoms with E-state index in [4.69, 9.17) is 9.05 Å². The monoisotopic (exact) mass is 953 g/mol. The third-order valence-corrected chi connectivity index (χ3v) is 14.2. The number of likely N-dealkylation sites (N-methyl/N-ethyl adjacent to an activating group) is 1. The Bertz CT molecular complexity index is 1130. The Morgan fingerprint density at radius 2 is 0.879 bits per heavy atom. The molecule has 66 heavy (non-hydrogen) atoms. The Labute approximate surface area is 411 Å². The van der Waals surface area contributed by atoms with Gasteiger partial charge >= 0.3 is 0 Å². The van der Waals surface area contributed by atoms with E-state index < -0.39 is 20.0 Å². The number of quaternary nitrogens is 1. The summed E-state index contributed by atoms with van der Waals surface area (Å²) in [5, 5.41) is 13.6. The molecule has 0 saturated carbocycles. The highest BCUT2D eigenvalue weighted by atomic mass is 31.2. The molecule has 0 heterocycles. The summed E-state index contributed by atoms with van der Waals surface area (Å²) in [5.74, 6) is -0.171. The van der Waals surface area contributed by atoms with E-state index >= 15 is 0 Å². The zero-order valence-corrected chi connectivity index (χ0v) is 45.6. The van der Waals surface area contributed by atoms with Crippen LogP contribution in [0.5, 0.6) is 0 Å². The minimum atomic E-state index is -4.54. The van der Waals surface area contributed by atoms with Gasteiger partial charge in [-0.2, -0.15) is 0 Å². The molecule has 3 unspecified atom stereocenters. The van der Waals surface area contributed by atoms with Gasteiger partial charge in [0.1, 0.15) is 13.2 Å². The molecule has 8 nitrogen and oxygen atoms in total. The Morgan fingerprint density at radius 3 is 1.26 bits per heavy atom. The van der Waals surface area contributed by atoms with Crippen molar-refractivity contribution in [3.63, 3.8) is 0 Å². The quantitative estimate of drug-likeness (QED) is 0.0272. The van der Waals surface area contributed by atoms with Crippen molar-refractivity contribution in [2.24, 2.45) is 0 Å². The maximum atomic E-state index is 12.7. The number of amides is 1. The summed E-state index contributed by atoms with van der Waals surface area (Å²) in [6.07, 6.45) is 62.1. The number of hydrogen-bond acceptors (Lipinski definition) is 6. The minimum absolute atomic E-state index is 0.0129. The molecule has 0 radical (unpaired) electrons. The SMILES string of the molecule is CCCCCCC/C=C\C/C=C\CCCCCCCCCCCCCCCCCCCCCCCCCCCCCCCC(=O)NC(COP(=O)([O-])OCC[N+](C)(C)C)C(O)CCCCC. The van der Waals surface area contributed by atoms with Crippen molar-refractivity contribution in [3.8, 4) is 0 Å². The number of allylic oxidation sites excluding steroid dienone is 4. The first-order chi connectivity index (χ1) is 32.0. The molecule has 0 aromatic heterocycles. The van der Waals surface area contributed by atoms with Crippen LogP contribution in [0.3, 0.4) is 0 Å². The van der Waals surface area contributed by atoms with Crippen LogP contribution in [-0.4, -0.2) is 68.5 Å². The zero-order valence-electron chi connectivity index (χ0n) is 44.7. The van der Waals surface area contributed by atoms with Crippen LogP contribution in [0.25, 0.3) is 0 Å². The van der Waals surface area contributed by atoms with Crippen molar-refractivity contribution < 1.29 is 32.9 Å². The highest BCUT2D eigenvalue weighted by molar-refractivity contribution is 7.45. The molecule has 0 aliphatic carbocycles. The van der Waals surface area contributed by atoms with Gasteiger partial charge in [-0.05, 0) is 44.9 Å². The van der Waals surface area contributed by atoms with Crippen molar-refractivity contribution in [2.45, 2.75) is 296 Å². The van der Waals surface area contributed by atoms with Gasteiger partial charge in [-0.3, -0.25) is 9.36 Å². The summed E-state index contributed by atoms with van der Waals surface area (Å²) < 4.78 is 23.0. The Hall–Kier alpha value is -1.02. The highest BCUT2D eigenvalue weighted by Crippen LogP contribution is 2.38. The topological polar surface area (TPSA) is 108 Å². The van der Waals surface area contributed by atoms with Crippen molar-refractivity contribution in [1.29, 1.82) is 0 Å². The summed E-state index contributed by atoms with van der Waals surface area (Å²) >= 11 is 0. The number of rotatable bonds is 53. The van der Waals surface area contributed by atoms with E-state index in [1.54, 1.807) is 0 Å². The van der Waals surface area contributed by atoms with Gasteiger partial charge in [-0.15, -0.1) is 0 Å². The first kappa shape index (κ1) is 65.0. The van der Waals surface area contributed by atoms with E-state index in [9.17, 15) is 19.4 Å². The van der Waals surface area contributed by atoms with Crippen molar-refractivity contribution in [3.05, 3.63) is 24.3 Å². The molecule has 1 amide bonds. The lowest BCUT2D eigenvalue weighted by Gasteiger charge is -2.30. The van der Waals surface area contributed by atoms with Crippen LogP contribution in [0.15, 0.2) is 24.3 Å². The second kappa shape index (κ2) is 49.0. The van der Waals surface area contributed by atoms with Crippen LogP contribution in [-0.2, 0) is 18.4 Å². The lowest BCUT2D eigenvalue weighted by molar-refractivity contribution is -0.870. The van der Waals surface area contributed by atoms with E-state index in [-0.39, 0.29) is 19.1 Å². The number of phosphoric acid groups is 1. The molecule has 9 heteroatoms. The molecule has 3 atom stereocenters.